The Hall–Kier alpha value is -2.99. The smallest absolute Gasteiger partial charge is 0.419 e. The highest BCUT2D eigenvalue weighted by molar-refractivity contribution is 5.94. The number of fused-ring (bicyclic) bond motifs is 1. The molecule has 0 unspecified atom stereocenters. The van der Waals surface area contributed by atoms with Gasteiger partial charge in [-0.25, -0.2) is 13.8 Å². The summed E-state index contributed by atoms with van der Waals surface area (Å²) in [4.78, 5) is 6.54. The standard InChI is InChI=1S/C22H23F5N4O3/c1-30-16-10-17(31(5-8-33-2)12-3-6-34-7-4-12)28-11-14(16)20(29-30)13-9-15(22(25,26)27)19(24)21(32)18(13)23/h9-12,32H,3-8H2,1-2H3. The summed E-state index contributed by atoms with van der Waals surface area (Å²) in [6.45, 7) is 2.23. The summed E-state index contributed by atoms with van der Waals surface area (Å²) in [6, 6.07) is 2.18. The van der Waals surface area contributed by atoms with Crippen LogP contribution in [-0.2, 0) is 22.7 Å². The van der Waals surface area contributed by atoms with Gasteiger partial charge in [-0.3, -0.25) is 4.68 Å². The van der Waals surface area contributed by atoms with E-state index in [4.69, 9.17) is 9.47 Å². The molecule has 7 nitrogen and oxygen atoms in total. The van der Waals surface area contributed by atoms with Crippen LogP contribution in [0.5, 0.6) is 5.75 Å². The number of halogens is 5. The molecule has 12 heteroatoms. The van der Waals surface area contributed by atoms with Crippen LogP contribution in [0, 0.1) is 11.6 Å². The molecule has 34 heavy (non-hydrogen) atoms. The molecule has 0 saturated carbocycles. The van der Waals surface area contributed by atoms with Gasteiger partial charge in [-0.1, -0.05) is 0 Å². The second-order valence-corrected chi connectivity index (χ2v) is 8.01. The normalized spacial score (nSPS) is 15.3. The van der Waals surface area contributed by atoms with Gasteiger partial charge in [-0.2, -0.15) is 18.3 Å². The zero-order chi connectivity index (χ0) is 24.6. The zero-order valence-corrected chi connectivity index (χ0v) is 18.5. The maximum atomic E-state index is 14.7. The van der Waals surface area contributed by atoms with Crippen LogP contribution >= 0.6 is 0 Å². The second kappa shape index (κ2) is 9.34. The first-order valence-electron chi connectivity index (χ1n) is 10.6. The Bertz CT molecular complexity index is 1190. The average molecular weight is 486 g/mol. The zero-order valence-electron chi connectivity index (χ0n) is 18.5. The fraction of sp³-hybridized carbons (Fsp3) is 0.455. The number of methoxy groups -OCH3 is 1. The van der Waals surface area contributed by atoms with Crippen LogP contribution in [0.25, 0.3) is 22.2 Å². The first-order chi connectivity index (χ1) is 16.1. The predicted octanol–water partition coefficient (Wildman–Crippen LogP) is 4.27. The largest absolute Gasteiger partial charge is 0.503 e. The van der Waals surface area contributed by atoms with Gasteiger partial charge in [0.1, 0.15) is 11.5 Å². The van der Waals surface area contributed by atoms with Crippen molar-refractivity contribution in [2.75, 3.05) is 38.4 Å². The van der Waals surface area contributed by atoms with E-state index in [-0.39, 0.29) is 17.1 Å². The highest BCUT2D eigenvalue weighted by Gasteiger charge is 2.38. The Morgan fingerprint density at radius 1 is 1.21 bits per heavy atom. The molecule has 1 aromatic carbocycles. The number of hydrogen-bond acceptors (Lipinski definition) is 6. The highest BCUT2D eigenvalue weighted by atomic mass is 19.4. The van der Waals surface area contributed by atoms with Crippen molar-refractivity contribution >= 4 is 16.7 Å². The minimum absolute atomic E-state index is 0.155. The Kier molecular flexibility index (Phi) is 6.63. The first-order valence-corrected chi connectivity index (χ1v) is 10.6. The minimum Gasteiger partial charge on any atom is -0.503 e. The molecular formula is C22H23F5N4O3. The van der Waals surface area contributed by atoms with Gasteiger partial charge < -0.3 is 19.5 Å². The number of nitrogens with zero attached hydrogens (tertiary/aromatic N) is 4. The molecule has 2 aromatic heterocycles. The molecule has 1 N–H and O–H groups in total. The van der Waals surface area contributed by atoms with Crippen LogP contribution in [0.1, 0.15) is 18.4 Å². The monoisotopic (exact) mass is 486 g/mol. The van der Waals surface area contributed by atoms with E-state index < -0.39 is 34.7 Å². The number of alkyl halides is 3. The number of benzene rings is 1. The van der Waals surface area contributed by atoms with Crippen LogP contribution in [-0.4, -0.2) is 59.4 Å². The van der Waals surface area contributed by atoms with Gasteiger partial charge in [-0.05, 0) is 18.9 Å². The third-order valence-corrected chi connectivity index (χ3v) is 5.92. The van der Waals surface area contributed by atoms with E-state index in [0.29, 0.717) is 43.8 Å². The molecule has 0 amide bonds. The Labute approximate surface area is 191 Å². The van der Waals surface area contributed by atoms with E-state index in [2.05, 4.69) is 15.0 Å². The number of anilines is 1. The summed E-state index contributed by atoms with van der Waals surface area (Å²) in [5.74, 6) is -4.71. The van der Waals surface area contributed by atoms with E-state index >= 15 is 0 Å². The summed E-state index contributed by atoms with van der Waals surface area (Å²) in [5.41, 5.74) is -2.17. The summed E-state index contributed by atoms with van der Waals surface area (Å²) in [7, 11) is 3.14. The molecule has 184 valence electrons. The lowest BCUT2D eigenvalue weighted by Crippen LogP contribution is -2.41. The van der Waals surface area contributed by atoms with E-state index in [0.717, 1.165) is 12.8 Å². The minimum atomic E-state index is -5.13. The SMILES string of the molecule is COCCN(c1cc2c(cn1)c(-c1cc(C(F)(F)F)c(F)c(O)c1F)nn2C)C1CCOCC1. The van der Waals surface area contributed by atoms with Gasteiger partial charge in [0.05, 0.1) is 17.7 Å². The fourth-order valence-corrected chi connectivity index (χ4v) is 4.17. The van der Waals surface area contributed by atoms with Crippen molar-refractivity contribution in [3.8, 4) is 17.0 Å². The lowest BCUT2D eigenvalue weighted by Gasteiger charge is -2.35. The third kappa shape index (κ3) is 4.39. The number of rotatable bonds is 6. The molecule has 0 atom stereocenters. The molecule has 0 aliphatic carbocycles. The number of aromatic nitrogens is 3. The van der Waals surface area contributed by atoms with Gasteiger partial charge in [0.25, 0.3) is 0 Å². The van der Waals surface area contributed by atoms with E-state index in [1.807, 2.05) is 0 Å². The molecule has 1 aliphatic heterocycles. The Balaban J connectivity index is 1.82. The van der Waals surface area contributed by atoms with Gasteiger partial charge in [0.2, 0.25) is 0 Å². The highest BCUT2D eigenvalue weighted by Crippen LogP contribution is 2.41. The third-order valence-electron chi connectivity index (χ3n) is 5.92. The molecule has 0 spiro atoms. The molecule has 4 rings (SSSR count). The fourth-order valence-electron chi connectivity index (χ4n) is 4.17. The van der Waals surface area contributed by atoms with Crippen molar-refractivity contribution in [1.29, 1.82) is 0 Å². The summed E-state index contributed by atoms with van der Waals surface area (Å²) in [5, 5.41) is 14.1. The van der Waals surface area contributed by atoms with Crippen molar-refractivity contribution in [2.45, 2.75) is 25.1 Å². The first kappa shape index (κ1) is 24.1. The Morgan fingerprint density at radius 3 is 2.56 bits per heavy atom. The average Bonchev–Trinajstić information content (AvgIpc) is 3.13. The maximum absolute atomic E-state index is 14.7. The lowest BCUT2D eigenvalue weighted by molar-refractivity contribution is -0.140. The maximum Gasteiger partial charge on any atom is 0.419 e. The van der Waals surface area contributed by atoms with Gasteiger partial charge in [0, 0.05) is 63.2 Å². The van der Waals surface area contributed by atoms with Crippen LogP contribution in [0.15, 0.2) is 18.3 Å². The molecule has 3 aromatic rings. The number of ether oxygens (including phenoxy) is 2. The van der Waals surface area contributed by atoms with Crippen molar-refractivity contribution in [2.24, 2.45) is 7.05 Å². The van der Waals surface area contributed by atoms with Crippen LogP contribution in [0.4, 0.5) is 27.8 Å². The summed E-state index contributed by atoms with van der Waals surface area (Å²) < 4.78 is 80.4. The number of aryl methyl sites for hydroxylation is 1. The van der Waals surface area contributed by atoms with E-state index in [1.54, 1.807) is 20.2 Å². The second-order valence-electron chi connectivity index (χ2n) is 8.01. The molecule has 0 radical (unpaired) electrons. The van der Waals surface area contributed by atoms with Crippen molar-refractivity contribution < 1.29 is 36.5 Å². The van der Waals surface area contributed by atoms with E-state index in [9.17, 15) is 27.1 Å². The molecule has 3 heterocycles. The van der Waals surface area contributed by atoms with Crippen molar-refractivity contribution in [3.05, 3.63) is 35.5 Å². The predicted molar refractivity (Wildman–Crippen MR) is 114 cm³/mol. The lowest BCUT2D eigenvalue weighted by atomic mass is 10.0. The molecule has 1 fully saturated rings. The van der Waals surface area contributed by atoms with Gasteiger partial charge in [-0.15, -0.1) is 0 Å². The summed E-state index contributed by atoms with van der Waals surface area (Å²) in [6.07, 6.45) is -2.16. The topological polar surface area (TPSA) is 72.6 Å². The van der Waals surface area contributed by atoms with Crippen LogP contribution in [0.3, 0.4) is 0 Å². The van der Waals surface area contributed by atoms with Gasteiger partial charge in [0.15, 0.2) is 17.4 Å². The van der Waals surface area contributed by atoms with Crippen molar-refractivity contribution in [1.82, 2.24) is 14.8 Å². The van der Waals surface area contributed by atoms with Crippen LogP contribution < -0.4 is 4.90 Å². The molecule has 1 aliphatic rings. The molecular weight excluding hydrogens is 463 g/mol. The van der Waals surface area contributed by atoms with E-state index in [1.165, 1.54) is 10.9 Å². The number of hydrogen-bond donors (Lipinski definition) is 1. The number of phenols is 1. The number of pyridine rings is 1. The number of aromatic hydroxyl groups is 1. The number of phenolic OH excluding ortho intramolecular Hbond substituents is 1. The Morgan fingerprint density at radius 2 is 1.91 bits per heavy atom. The summed E-state index contributed by atoms with van der Waals surface area (Å²) >= 11 is 0. The molecule has 0 bridgehead atoms. The van der Waals surface area contributed by atoms with Gasteiger partial charge >= 0.3 is 6.18 Å². The quantitative estimate of drug-likeness (QED) is 0.525. The van der Waals surface area contributed by atoms with Crippen LogP contribution in [0.2, 0.25) is 0 Å². The van der Waals surface area contributed by atoms with Crippen molar-refractivity contribution in [3.63, 3.8) is 0 Å². The molecule has 1 saturated heterocycles.